The molecule has 41 heavy (non-hydrogen) atoms. The summed E-state index contributed by atoms with van der Waals surface area (Å²) in [6.45, 7) is 6.31. The van der Waals surface area contributed by atoms with Gasteiger partial charge in [-0.15, -0.1) is 0 Å². The van der Waals surface area contributed by atoms with Crippen LogP contribution >= 0.6 is 0 Å². The minimum Gasteiger partial charge on any atom is -0.493 e. The number of benzene rings is 3. The third-order valence-corrected chi connectivity index (χ3v) is 7.33. The number of rotatable bonds is 16. The molecule has 0 saturated carbocycles. The van der Waals surface area contributed by atoms with Gasteiger partial charge in [0, 0.05) is 19.5 Å². The van der Waals surface area contributed by atoms with E-state index < -0.39 is 0 Å². The molecule has 0 unspecified atom stereocenters. The van der Waals surface area contributed by atoms with Crippen LogP contribution in [0.1, 0.15) is 61.5 Å². The monoisotopic (exact) mass is 553 g/mol. The summed E-state index contributed by atoms with van der Waals surface area (Å²) in [5, 5.41) is 3.07. The summed E-state index contributed by atoms with van der Waals surface area (Å²) in [6, 6.07) is 22.5. The van der Waals surface area contributed by atoms with E-state index in [4.69, 9.17) is 14.5 Å². The zero-order valence-electron chi connectivity index (χ0n) is 24.7. The molecule has 6 nitrogen and oxygen atoms in total. The molecule has 216 valence electrons. The second-order valence-corrected chi connectivity index (χ2v) is 10.4. The van der Waals surface area contributed by atoms with Crippen molar-refractivity contribution < 1.29 is 14.3 Å². The van der Waals surface area contributed by atoms with Gasteiger partial charge >= 0.3 is 0 Å². The summed E-state index contributed by atoms with van der Waals surface area (Å²) in [5.74, 6) is 2.77. The highest BCUT2D eigenvalue weighted by Gasteiger charge is 2.11. The van der Waals surface area contributed by atoms with Gasteiger partial charge in [0.15, 0.2) is 11.5 Å². The molecule has 0 spiro atoms. The number of carbonyl (C=O) groups is 1. The van der Waals surface area contributed by atoms with Gasteiger partial charge < -0.3 is 19.4 Å². The maximum Gasteiger partial charge on any atom is 0.224 e. The lowest BCUT2D eigenvalue weighted by Gasteiger charge is -2.12. The van der Waals surface area contributed by atoms with Crippen molar-refractivity contribution in [2.24, 2.45) is 0 Å². The van der Waals surface area contributed by atoms with E-state index in [9.17, 15) is 4.79 Å². The average molecular weight is 554 g/mol. The highest BCUT2D eigenvalue weighted by atomic mass is 16.5. The molecule has 4 aromatic rings. The van der Waals surface area contributed by atoms with E-state index in [0.29, 0.717) is 19.6 Å². The lowest BCUT2D eigenvalue weighted by atomic mass is 10.1. The van der Waals surface area contributed by atoms with Crippen molar-refractivity contribution in [3.63, 3.8) is 0 Å². The Kier molecular flexibility index (Phi) is 11.4. The third kappa shape index (κ3) is 8.71. The molecule has 0 aliphatic heterocycles. The first-order valence-corrected chi connectivity index (χ1v) is 14.8. The third-order valence-electron chi connectivity index (χ3n) is 7.33. The van der Waals surface area contributed by atoms with Crippen LogP contribution in [0.15, 0.2) is 72.8 Å². The van der Waals surface area contributed by atoms with Crippen LogP contribution < -0.4 is 14.8 Å². The van der Waals surface area contributed by atoms with Crippen LogP contribution in [-0.2, 0) is 24.2 Å². The number of hydrogen-bond acceptors (Lipinski definition) is 4. The van der Waals surface area contributed by atoms with Crippen LogP contribution in [0.25, 0.3) is 17.1 Å². The Bertz CT molecular complexity index is 1440. The van der Waals surface area contributed by atoms with Crippen LogP contribution in [-0.4, -0.2) is 35.7 Å². The van der Waals surface area contributed by atoms with Crippen LogP contribution in [0.3, 0.4) is 0 Å². The molecular weight excluding hydrogens is 510 g/mol. The second-order valence-electron chi connectivity index (χ2n) is 10.4. The van der Waals surface area contributed by atoms with E-state index in [-0.39, 0.29) is 5.91 Å². The number of carbonyl (C=O) groups excluding carboxylic acids is 1. The second kappa shape index (κ2) is 15.7. The number of aryl methyl sites for hydroxylation is 3. The Morgan fingerprint density at radius 3 is 2.61 bits per heavy atom. The molecular formula is C35H43N3O3. The number of aromatic nitrogens is 2. The highest BCUT2D eigenvalue weighted by molar-refractivity contribution is 5.79. The first kappa shape index (κ1) is 29.9. The fourth-order valence-corrected chi connectivity index (χ4v) is 5.08. The van der Waals surface area contributed by atoms with E-state index in [2.05, 4.69) is 28.1 Å². The summed E-state index contributed by atoms with van der Waals surface area (Å²) in [6.07, 6.45) is 10.4. The molecule has 1 N–H and O–H groups in total. The molecule has 0 aliphatic carbocycles. The number of para-hydroxylation sites is 2. The van der Waals surface area contributed by atoms with Crippen LogP contribution in [0.2, 0.25) is 0 Å². The molecule has 0 atom stereocenters. The van der Waals surface area contributed by atoms with E-state index in [1.165, 1.54) is 5.52 Å². The van der Waals surface area contributed by atoms with Gasteiger partial charge in [-0.25, -0.2) is 4.98 Å². The number of allylic oxidation sites excluding steroid dienone is 1. The molecule has 1 aromatic heterocycles. The quantitative estimate of drug-likeness (QED) is 0.148. The summed E-state index contributed by atoms with van der Waals surface area (Å²) in [7, 11) is 1.68. The minimum atomic E-state index is 0.0918. The Labute approximate surface area is 244 Å². The normalized spacial score (nSPS) is 11.3. The number of nitrogens with one attached hydrogen (secondary N) is 1. The molecule has 0 bridgehead atoms. The van der Waals surface area contributed by atoms with Crippen molar-refractivity contribution in [3.8, 4) is 11.5 Å². The molecule has 4 rings (SSSR count). The zero-order valence-corrected chi connectivity index (χ0v) is 24.7. The lowest BCUT2D eigenvalue weighted by Crippen LogP contribution is -2.26. The summed E-state index contributed by atoms with van der Waals surface area (Å²) < 4.78 is 13.9. The maximum absolute atomic E-state index is 12.3. The van der Waals surface area contributed by atoms with Crippen LogP contribution in [0.5, 0.6) is 11.5 Å². The number of imidazole rings is 1. The topological polar surface area (TPSA) is 65.4 Å². The van der Waals surface area contributed by atoms with Gasteiger partial charge in [-0.3, -0.25) is 4.79 Å². The van der Waals surface area contributed by atoms with Gasteiger partial charge in [0.25, 0.3) is 0 Å². The summed E-state index contributed by atoms with van der Waals surface area (Å²) >= 11 is 0. The number of amides is 1. The number of methoxy groups -OCH3 is 1. The lowest BCUT2D eigenvalue weighted by molar-refractivity contribution is -0.120. The van der Waals surface area contributed by atoms with Crippen LogP contribution in [0, 0.1) is 6.92 Å². The van der Waals surface area contributed by atoms with Crippen molar-refractivity contribution in [1.29, 1.82) is 0 Å². The molecule has 1 heterocycles. The van der Waals surface area contributed by atoms with Crippen molar-refractivity contribution >= 4 is 23.0 Å². The molecule has 0 fully saturated rings. The number of fused-ring (bicyclic) bond motifs is 1. The van der Waals surface area contributed by atoms with Crippen molar-refractivity contribution in [2.45, 2.75) is 65.3 Å². The van der Waals surface area contributed by atoms with E-state index >= 15 is 0 Å². The van der Waals surface area contributed by atoms with Gasteiger partial charge in [0.2, 0.25) is 5.91 Å². The fraction of sp³-hybridized carbons (Fsp3) is 0.371. The van der Waals surface area contributed by atoms with Crippen molar-refractivity contribution in [2.75, 3.05) is 20.3 Å². The minimum absolute atomic E-state index is 0.0918. The zero-order chi connectivity index (χ0) is 28.9. The Hall–Kier alpha value is -4.06. The number of unbranched alkanes of at least 4 members (excludes halogenated alkanes) is 3. The first-order chi connectivity index (χ1) is 20.1. The van der Waals surface area contributed by atoms with Gasteiger partial charge in [0.05, 0.1) is 31.2 Å². The predicted octanol–water partition coefficient (Wildman–Crippen LogP) is 7.32. The summed E-state index contributed by atoms with van der Waals surface area (Å²) in [4.78, 5) is 17.3. The SMILES string of the molecule is C/C=C/c1ccc(OCCCCn2c(CCCCCNC(=O)Cc3ccccc3C)nc3ccccc32)c(OC)c1. The highest BCUT2D eigenvalue weighted by Crippen LogP contribution is 2.29. The maximum atomic E-state index is 12.3. The van der Waals surface area contributed by atoms with Gasteiger partial charge in [-0.2, -0.15) is 0 Å². The van der Waals surface area contributed by atoms with Crippen LogP contribution in [0.4, 0.5) is 0 Å². The number of nitrogens with zero attached hydrogens (tertiary/aromatic N) is 2. The summed E-state index contributed by atoms with van der Waals surface area (Å²) in [5.41, 5.74) is 5.59. The fourth-order valence-electron chi connectivity index (χ4n) is 5.08. The van der Waals surface area contributed by atoms with E-state index in [1.807, 2.05) is 74.5 Å². The predicted molar refractivity (Wildman–Crippen MR) is 168 cm³/mol. The Balaban J connectivity index is 1.21. The molecule has 1 amide bonds. The first-order valence-electron chi connectivity index (χ1n) is 14.8. The van der Waals surface area contributed by atoms with Crippen molar-refractivity contribution in [3.05, 3.63) is 95.3 Å². The van der Waals surface area contributed by atoms with Gasteiger partial charge in [-0.05, 0) is 80.5 Å². The molecule has 0 radical (unpaired) electrons. The molecule has 3 aromatic carbocycles. The van der Waals surface area contributed by atoms with Gasteiger partial charge in [-0.1, -0.05) is 61.0 Å². The standard InChI is InChI=1S/C35H43N3O3/c1-4-14-28-20-21-32(33(25-28)40-3)41-24-13-12-23-38-31-18-10-9-17-30(31)37-34(38)19-6-5-11-22-36-35(39)26-29-16-8-7-15-27(29)2/h4,7-10,14-18,20-21,25H,5-6,11-13,19,22-24,26H2,1-3H3,(H,36,39)/b14-4+. The molecule has 0 saturated heterocycles. The Morgan fingerprint density at radius 1 is 0.951 bits per heavy atom. The number of ether oxygens (including phenoxy) is 2. The van der Waals surface area contributed by atoms with E-state index in [1.54, 1.807) is 7.11 Å². The molecule has 6 heteroatoms. The average Bonchev–Trinajstić information content (AvgIpc) is 3.33. The number of hydrogen-bond donors (Lipinski definition) is 1. The van der Waals surface area contributed by atoms with E-state index in [0.717, 1.165) is 84.6 Å². The Morgan fingerprint density at radius 2 is 1.78 bits per heavy atom. The van der Waals surface area contributed by atoms with Gasteiger partial charge in [0.1, 0.15) is 5.82 Å². The largest absolute Gasteiger partial charge is 0.493 e. The molecule has 0 aliphatic rings. The smallest absolute Gasteiger partial charge is 0.224 e. The van der Waals surface area contributed by atoms with Crippen molar-refractivity contribution in [1.82, 2.24) is 14.9 Å².